The SMILES string of the molecule is CCC(C)(C)N(C(=O)C(CS)NC(=O)OC(C)(C)C)C(C(=O)NC(C)(C)C)c1ccc(O)cc1. The van der Waals surface area contributed by atoms with Gasteiger partial charge in [0, 0.05) is 16.8 Å². The van der Waals surface area contributed by atoms with E-state index in [0.717, 1.165) is 0 Å². The summed E-state index contributed by atoms with van der Waals surface area (Å²) in [6.07, 6.45) is -0.198. The Morgan fingerprint density at radius 2 is 1.56 bits per heavy atom. The van der Waals surface area contributed by atoms with Crippen LogP contribution in [0, 0.1) is 0 Å². The van der Waals surface area contributed by atoms with E-state index < -0.39 is 40.8 Å². The van der Waals surface area contributed by atoms with Crippen LogP contribution in [0.4, 0.5) is 4.79 Å². The Morgan fingerprint density at radius 3 is 1.97 bits per heavy atom. The van der Waals surface area contributed by atoms with Crippen molar-refractivity contribution in [3.8, 4) is 5.75 Å². The molecular formula is C25H41N3O5S. The second kappa shape index (κ2) is 11.3. The van der Waals surface area contributed by atoms with Crippen molar-refractivity contribution in [1.29, 1.82) is 0 Å². The van der Waals surface area contributed by atoms with Crippen molar-refractivity contribution in [2.24, 2.45) is 0 Å². The highest BCUT2D eigenvalue weighted by molar-refractivity contribution is 7.80. The zero-order valence-corrected chi connectivity index (χ0v) is 22.7. The summed E-state index contributed by atoms with van der Waals surface area (Å²) in [5.74, 6) is -0.776. The number of alkyl carbamates (subject to hydrolysis) is 1. The fourth-order valence-electron chi connectivity index (χ4n) is 3.26. The Hall–Kier alpha value is -2.42. The normalized spacial score (nSPS) is 14.1. The topological polar surface area (TPSA) is 108 Å². The Morgan fingerprint density at radius 1 is 1.03 bits per heavy atom. The largest absolute Gasteiger partial charge is 0.508 e. The van der Waals surface area contributed by atoms with E-state index in [1.807, 2.05) is 41.5 Å². The lowest BCUT2D eigenvalue weighted by atomic mass is 9.91. The monoisotopic (exact) mass is 495 g/mol. The first-order valence-corrected chi connectivity index (χ1v) is 12.1. The zero-order chi connectivity index (χ0) is 26.5. The van der Waals surface area contributed by atoms with Crippen LogP contribution >= 0.6 is 12.6 Å². The van der Waals surface area contributed by atoms with Crippen molar-refractivity contribution in [1.82, 2.24) is 15.5 Å². The van der Waals surface area contributed by atoms with Crippen molar-refractivity contribution in [2.45, 2.75) is 97.5 Å². The van der Waals surface area contributed by atoms with Crippen molar-refractivity contribution < 1.29 is 24.2 Å². The minimum absolute atomic E-state index is 0.0115. The molecule has 1 rings (SSSR count). The summed E-state index contributed by atoms with van der Waals surface area (Å²) in [6, 6.07) is 4.15. The van der Waals surface area contributed by atoms with Crippen LogP contribution in [0.1, 0.15) is 80.3 Å². The Balaban J connectivity index is 3.55. The van der Waals surface area contributed by atoms with E-state index in [9.17, 15) is 19.5 Å². The fourth-order valence-corrected chi connectivity index (χ4v) is 3.51. The summed E-state index contributed by atoms with van der Waals surface area (Å²) >= 11 is 4.30. The van der Waals surface area contributed by atoms with Crippen molar-refractivity contribution >= 4 is 30.5 Å². The third kappa shape index (κ3) is 8.74. The van der Waals surface area contributed by atoms with Gasteiger partial charge >= 0.3 is 6.09 Å². The molecule has 0 saturated heterocycles. The Labute approximate surface area is 209 Å². The van der Waals surface area contributed by atoms with E-state index in [4.69, 9.17) is 4.74 Å². The molecule has 192 valence electrons. The second-order valence-corrected chi connectivity index (χ2v) is 11.4. The molecule has 0 aliphatic rings. The summed E-state index contributed by atoms with van der Waals surface area (Å²) in [5.41, 5.74) is -1.51. The summed E-state index contributed by atoms with van der Waals surface area (Å²) in [4.78, 5) is 41.4. The number of phenols is 1. The lowest BCUT2D eigenvalue weighted by Crippen LogP contribution is -2.60. The number of carbonyl (C=O) groups excluding carboxylic acids is 3. The van der Waals surface area contributed by atoms with Crippen molar-refractivity contribution in [2.75, 3.05) is 5.75 Å². The third-order valence-corrected chi connectivity index (χ3v) is 5.51. The highest BCUT2D eigenvalue weighted by Gasteiger charge is 2.43. The second-order valence-electron chi connectivity index (χ2n) is 11.0. The molecular weight excluding hydrogens is 454 g/mol. The molecule has 3 amide bonds. The predicted molar refractivity (Wildman–Crippen MR) is 137 cm³/mol. The average molecular weight is 496 g/mol. The molecule has 0 heterocycles. The van der Waals surface area contributed by atoms with E-state index in [-0.39, 0.29) is 17.4 Å². The molecule has 8 nitrogen and oxygen atoms in total. The van der Waals surface area contributed by atoms with Crippen molar-refractivity contribution in [3.63, 3.8) is 0 Å². The first-order chi connectivity index (χ1) is 15.4. The molecule has 0 aliphatic heterocycles. The van der Waals surface area contributed by atoms with Gasteiger partial charge in [-0.05, 0) is 79.5 Å². The van der Waals surface area contributed by atoms with Gasteiger partial charge in [-0.2, -0.15) is 12.6 Å². The summed E-state index contributed by atoms with van der Waals surface area (Å²) in [7, 11) is 0. The molecule has 0 saturated carbocycles. The van der Waals surface area contributed by atoms with Gasteiger partial charge in [0.2, 0.25) is 11.8 Å². The number of aromatic hydroxyl groups is 1. The van der Waals surface area contributed by atoms with Gasteiger partial charge in [-0.3, -0.25) is 9.59 Å². The van der Waals surface area contributed by atoms with Crippen LogP contribution in [0.5, 0.6) is 5.75 Å². The molecule has 9 heteroatoms. The number of amides is 3. The number of rotatable bonds is 8. The minimum atomic E-state index is -1.02. The third-order valence-electron chi connectivity index (χ3n) is 5.14. The van der Waals surface area contributed by atoms with Gasteiger partial charge < -0.3 is 25.4 Å². The Kier molecular flexibility index (Phi) is 9.87. The number of carbonyl (C=O) groups is 3. The smallest absolute Gasteiger partial charge is 0.408 e. The summed E-state index contributed by atoms with van der Waals surface area (Å²) in [5, 5.41) is 15.4. The molecule has 3 N–H and O–H groups in total. The molecule has 0 radical (unpaired) electrons. The number of nitrogens with zero attached hydrogens (tertiary/aromatic N) is 1. The van der Waals surface area contributed by atoms with Gasteiger partial charge in [-0.25, -0.2) is 4.79 Å². The van der Waals surface area contributed by atoms with E-state index in [2.05, 4.69) is 23.3 Å². The van der Waals surface area contributed by atoms with Gasteiger partial charge in [0.05, 0.1) is 0 Å². The fraction of sp³-hybridized carbons (Fsp3) is 0.640. The number of thiol groups is 1. The quantitative estimate of drug-likeness (QED) is 0.405. The number of phenolic OH excluding ortho intramolecular Hbond substituents is 1. The Bertz CT molecular complexity index is 857. The van der Waals surface area contributed by atoms with E-state index in [1.54, 1.807) is 32.9 Å². The van der Waals surface area contributed by atoms with Crippen LogP contribution < -0.4 is 10.6 Å². The summed E-state index contributed by atoms with van der Waals surface area (Å²) < 4.78 is 5.32. The molecule has 2 unspecified atom stereocenters. The van der Waals surface area contributed by atoms with Crippen LogP contribution in [0.2, 0.25) is 0 Å². The van der Waals surface area contributed by atoms with E-state index in [0.29, 0.717) is 12.0 Å². The molecule has 0 spiro atoms. The van der Waals surface area contributed by atoms with E-state index in [1.165, 1.54) is 17.0 Å². The molecule has 2 atom stereocenters. The molecule has 0 fully saturated rings. The van der Waals surface area contributed by atoms with Crippen LogP contribution in [0.15, 0.2) is 24.3 Å². The highest BCUT2D eigenvalue weighted by atomic mass is 32.1. The summed E-state index contributed by atoms with van der Waals surface area (Å²) in [6.45, 7) is 16.4. The van der Waals surface area contributed by atoms with Crippen LogP contribution in [0.25, 0.3) is 0 Å². The van der Waals surface area contributed by atoms with Gasteiger partial charge in [-0.15, -0.1) is 0 Å². The molecule has 0 aliphatic carbocycles. The molecule has 34 heavy (non-hydrogen) atoms. The van der Waals surface area contributed by atoms with Crippen LogP contribution in [-0.2, 0) is 14.3 Å². The molecule has 0 aromatic heterocycles. The number of hydrogen-bond donors (Lipinski definition) is 4. The standard InChI is InChI=1S/C25H41N3O5S/c1-10-25(8,9)28(21(31)18(15-34)26-22(32)33-24(5,6)7)19(20(30)27-23(2,3)4)16-11-13-17(29)14-12-16/h11-14,18-19,29,34H,10,15H2,1-9H3,(H,26,32)(H,27,30). The number of hydrogen-bond acceptors (Lipinski definition) is 6. The maximum Gasteiger partial charge on any atom is 0.408 e. The molecule has 1 aromatic rings. The van der Waals surface area contributed by atoms with Crippen molar-refractivity contribution in [3.05, 3.63) is 29.8 Å². The zero-order valence-electron chi connectivity index (χ0n) is 21.9. The first kappa shape index (κ1) is 29.6. The first-order valence-electron chi connectivity index (χ1n) is 11.5. The van der Waals surface area contributed by atoms with Crippen LogP contribution in [-0.4, -0.2) is 56.4 Å². The van der Waals surface area contributed by atoms with Gasteiger partial charge in [0.15, 0.2) is 0 Å². The maximum absolute atomic E-state index is 13.9. The lowest BCUT2D eigenvalue weighted by Gasteiger charge is -2.45. The predicted octanol–water partition coefficient (Wildman–Crippen LogP) is 4.19. The van der Waals surface area contributed by atoms with Crippen LogP contribution in [0.3, 0.4) is 0 Å². The van der Waals surface area contributed by atoms with E-state index >= 15 is 0 Å². The average Bonchev–Trinajstić information content (AvgIpc) is 2.67. The number of ether oxygens (including phenoxy) is 1. The number of nitrogens with one attached hydrogen (secondary N) is 2. The number of benzene rings is 1. The van der Waals surface area contributed by atoms with Gasteiger partial charge in [0.25, 0.3) is 0 Å². The molecule has 0 bridgehead atoms. The highest BCUT2D eigenvalue weighted by Crippen LogP contribution is 2.33. The minimum Gasteiger partial charge on any atom is -0.508 e. The lowest BCUT2D eigenvalue weighted by molar-refractivity contribution is -0.149. The maximum atomic E-state index is 13.9. The van der Waals surface area contributed by atoms with Gasteiger partial charge in [-0.1, -0.05) is 19.1 Å². The molecule has 1 aromatic carbocycles. The van der Waals surface area contributed by atoms with Gasteiger partial charge in [0.1, 0.15) is 23.4 Å².